The second kappa shape index (κ2) is 8.28. The van der Waals surface area contributed by atoms with Gasteiger partial charge in [0.05, 0.1) is 12.6 Å². The molecule has 0 saturated carbocycles. The van der Waals surface area contributed by atoms with Crippen LogP contribution in [-0.4, -0.2) is 17.8 Å². The van der Waals surface area contributed by atoms with Crippen molar-refractivity contribution in [3.8, 4) is 0 Å². The minimum Gasteiger partial charge on any atom is -0.394 e. The lowest BCUT2D eigenvalue weighted by atomic mass is 9.96. The molecule has 0 heterocycles. The molecule has 0 fully saturated rings. The van der Waals surface area contributed by atoms with Crippen LogP contribution in [-0.2, 0) is 0 Å². The number of aliphatic hydroxyl groups is 1. The molecule has 3 atom stereocenters. The Hall–Kier alpha value is -0.860. The van der Waals surface area contributed by atoms with Crippen LogP contribution in [0.1, 0.15) is 51.6 Å². The summed E-state index contributed by atoms with van der Waals surface area (Å²) >= 11 is 0. The number of hydrogen-bond donors (Lipinski definition) is 2. The molecule has 1 aromatic rings. The van der Waals surface area contributed by atoms with Gasteiger partial charge in [-0.1, -0.05) is 57.5 Å². The van der Waals surface area contributed by atoms with E-state index in [2.05, 4.69) is 38.2 Å². The third-order valence-corrected chi connectivity index (χ3v) is 3.70. The zero-order chi connectivity index (χ0) is 13.4. The van der Waals surface area contributed by atoms with Crippen molar-refractivity contribution >= 4 is 0 Å². The summed E-state index contributed by atoms with van der Waals surface area (Å²) in [6, 6.07) is 10.7. The summed E-state index contributed by atoms with van der Waals surface area (Å²) < 4.78 is 0. The Morgan fingerprint density at radius 1 is 1.11 bits per heavy atom. The Kier molecular flexibility index (Phi) is 6.99. The number of rotatable bonds is 8. The topological polar surface area (TPSA) is 32.3 Å². The van der Waals surface area contributed by atoms with Crippen molar-refractivity contribution in [2.75, 3.05) is 6.61 Å². The zero-order valence-corrected chi connectivity index (χ0v) is 11.9. The van der Waals surface area contributed by atoms with E-state index in [1.807, 2.05) is 18.2 Å². The van der Waals surface area contributed by atoms with Gasteiger partial charge in [0.2, 0.25) is 0 Å². The van der Waals surface area contributed by atoms with Crippen LogP contribution in [0.3, 0.4) is 0 Å². The van der Waals surface area contributed by atoms with Crippen LogP contribution in [0, 0.1) is 5.92 Å². The summed E-state index contributed by atoms with van der Waals surface area (Å²) in [5.74, 6) is 0.734. The zero-order valence-electron chi connectivity index (χ0n) is 11.9. The molecule has 0 aliphatic carbocycles. The van der Waals surface area contributed by atoms with Crippen molar-refractivity contribution in [3.05, 3.63) is 35.9 Å². The first-order chi connectivity index (χ1) is 8.71. The lowest BCUT2D eigenvalue weighted by molar-refractivity contribution is 0.223. The first-order valence-corrected chi connectivity index (χ1v) is 7.13. The molecular weight excluding hydrogens is 222 g/mol. The van der Waals surface area contributed by atoms with E-state index < -0.39 is 0 Å². The molecule has 102 valence electrons. The highest BCUT2D eigenvalue weighted by atomic mass is 16.3. The summed E-state index contributed by atoms with van der Waals surface area (Å²) in [6.07, 6.45) is 3.50. The fourth-order valence-electron chi connectivity index (χ4n) is 2.23. The number of aliphatic hydroxyl groups excluding tert-OH is 1. The Bertz CT molecular complexity index is 312. The van der Waals surface area contributed by atoms with Gasteiger partial charge in [0.1, 0.15) is 0 Å². The number of hydrogen-bond acceptors (Lipinski definition) is 2. The van der Waals surface area contributed by atoms with Crippen LogP contribution in [0.4, 0.5) is 0 Å². The van der Waals surface area contributed by atoms with Gasteiger partial charge in [-0.2, -0.15) is 0 Å². The largest absolute Gasteiger partial charge is 0.394 e. The molecule has 0 aliphatic heterocycles. The fourth-order valence-corrected chi connectivity index (χ4v) is 2.23. The highest BCUT2D eigenvalue weighted by molar-refractivity contribution is 5.19. The van der Waals surface area contributed by atoms with E-state index in [4.69, 9.17) is 0 Å². The third-order valence-electron chi connectivity index (χ3n) is 3.70. The van der Waals surface area contributed by atoms with Gasteiger partial charge in [-0.15, -0.1) is 0 Å². The van der Waals surface area contributed by atoms with Crippen molar-refractivity contribution in [1.82, 2.24) is 5.32 Å². The third kappa shape index (κ3) is 4.79. The minimum absolute atomic E-state index is 0.0557. The second-order valence-corrected chi connectivity index (χ2v) is 5.17. The quantitative estimate of drug-likeness (QED) is 0.739. The average molecular weight is 249 g/mol. The van der Waals surface area contributed by atoms with Gasteiger partial charge in [0.15, 0.2) is 0 Å². The smallest absolute Gasteiger partial charge is 0.0626 e. The van der Waals surface area contributed by atoms with Crippen LogP contribution in [0.2, 0.25) is 0 Å². The highest BCUT2D eigenvalue weighted by Crippen LogP contribution is 2.17. The average Bonchev–Trinajstić information content (AvgIpc) is 2.43. The van der Waals surface area contributed by atoms with E-state index in [1.54, 1.807) is 0 Å². The molecule has 0 amide bonds. The molecule has 1 aromatic carbocycles. The molecule has 2 N–H and O–H groups in total. The minimum atomic E-state index is 0.0557. The standard InChI is InChI=1S/C16H27NO/c1-4-13(3)11-15(5-2)17-16(12-18)14-9-7-6-8-10-14/h6-10,13,15-18H,4-5,11-12H2,1-3H3/t13?,15?,16-/m1/s1. The molecule has 18 heavy (non-hydrogen) atoms. The monoisotopic (exact) mass is 249 g/mol. The lowest BCUT2D eigenvalue weighted by Gasteiger charge is -2.26. The molecular formula is C16H27NO. The molecule has 0 saturated heterocycles. The van der Waals surface area contributed by atoms with E-state index in [-0.39, 0.29) is 12.6 Å². The van der Waals surface area contributed by atoms with Crippen molar-refractivity contribution in [2.24, 2.45) is 5.92 Å². The summed E-state index contributed by atoms with van der Waals surface area (Å²) in [6.45, 7) is 6.89. The predicted octanol–water partition coefficient (Wildman–Crippen LogP) is 3.52. The molecule has 1 rings (SSSR count). The molecule has 0 spiro atoms. The van der Waals surface area contributed by atoms with Gasteiger partial charge in [-0.3, -0.25) is 0 Å². The Labute approximate surface area is 111 Å². The normalized spacial score (nSPS) is 16.2. The highest BCUT2D eigenvalue weighted by Gasteiger charge is 2.16. The van der Waals surface area contributed by atoms with Gasteiger partial charge in [0.25, 0.3) is 0 Å². The van der Waals surface area contributed by atoms with Crippen molar-refractivity contribution < 1.29 is 5.11 Å². The molecule has 0 radical (unpaired) electrons. The summed E-state index contributed by atoms with van der Waals surface area (Å²) in [5, 5.41) is 13.1. The van der Waals surface area contributed by atoms with Gasteiger partial charge in [0, 0.05) is 6.04 Å². The molecule has 0 bridgehead atoms. The molecule has 2 heteroatoms. The molecule has 2 nitrogen and oxygen atoms in total. The number of nitrogens with one attached hydrogen (secondary N) is 1. The van der Waals surface area contributed by atoms with E-state index in [9.17, 15) is 5.11 Å². The maximum atomic E-state index is 9.55. The fraction of sp³-hybridized carbons (Fsp3) is 0.625. The van der Waals surface area contributed by atoms with Crippen molar-refractivity contribution in [1.29, 1.82) is 0 Å². The van der Waals surface area contributed by atoms with Crippen molar-refractivity contribution in [2.45, 2.75) is 52.1 Å². The van der Waals surface area contributed by atoms with Crippen molar-refractivity contribution in [3.63, 3.8) is 0 Å². The Balaban J connectivity index is 2.61. The van der Waals surface area contributed by atoms with Gasteiger partial charge in [-0.25, -0.2) is 0 Å². The van der Waals surface area contributed by atoms with Crippen LogP contribution in [0.25, 0.3) is 0 Å². The predicted molar refractivity (Wildman–Crippen MR) is 77.6 cm³/mol. The van der Waals surface area contributed by atoms with E-state index in [0.29, 0.717) is 6.04 Å². The number of benzene rings is 1. The van der Waals surface area contributed by atoms with E-state index in [1.165, 1.54) is 18.4 Å². The molecule has 0 aromatic heterocycles. The lowest BCUT2D eigenvalue weighted by Crippen LogP contribution is -2.35. The SMILES string of the molecule is CCC(C)CC(CC)N[C@H](CO)c1ccccc1. The maximum Gasteiger partial charge on any atom is 0.0626 e. The first-order valence-electron chi connectivity index (χ1n) is 7.13. The van der Waals surface area contributed by atoms with Crippen LogP contribution >= 0.6 is 0 Å². The first kappa shape index (κ1) is 15.2. The second-order valence-electron chi connectivity index (χ2n) is 5.17. The van der Waals surface area contributed by atoms with Gasteiger partial charge < -0.3 is 10.4 Å². The Morgan fingerprint density at radius 2 is 1.78 bits per heavy atom. The summed E-state index contributed by atoms with van der Waals surface area (Å²) in [5.41, 5.74) is 1.17. The maximum absolute atomic E-state index is 9.55. The van der Waals surface area contributed by atoms with E-state index >= 15 is 0 Å². The summed E-state index contributed by atoms with van der Waals surface area (Å²) in [7, 11) is 0. The van der Waals surface area contributed by atoms with Crippen LogP contribution < -0.4 is 5.32 Å². The molecule has 2 unspecified atom stereocenters. The van der Waals surface area contributed by atoms with Crippen LogP contribution in [0.5, 0.6) is 0 Å². The molecule has 0 aliphatic rings. The van der Waals surface area contributed by atoms with Gasteiger partial charge in [-0.05, 0) is 24.3 Å². The van der Waals surface area contributed by atoms with E-state index in [0.717, 1.165) is 12.3 Å². The summed E-state index contributed by atoms with van der Waals surface area (Å²) in [4.78, 5) is 0. The van der Waals surface area contributed by atoms with Crippen LogP contribution in [0.15, 0.2) is 30.3 Å². The van der Waals surface area contributed by atoms with Gasteiger partial charge >= 0.3 is 0 Å². The Morgan fingerprint density at radius 3 is 2.28 bits per heavy atom.